The highest BCUT2D eigenvalue weighted by Crippen LogP contribution is 2.48. The van der Waals surface area contributed by atoms with Crippen molar-refractivity contribution in [2.24, 2.45) is 11.1 Å². The number of carbonyl (C=O) groups excluding carboxylic acids is 3. The molecule has 198 valence electrons. The normalized spacial score (nSPS) is 27.7. The molecule has 3 fully saturated rings. The predicted octanol–water partition coefficient (Wildman–Crippen LogP) is 1.69. The lowest BCUT2D eigenvalue weighted by Gasteiger charge is -2.50. The summed E-state index contributed by atoms with van der Waals surface area (Å²) in [6, 6.07) is 10.3. The van der Waals surface area contributed by atoms with Gasteiger partial charge in [-0.25, -0.2) is 4.79 Å². The van der Waals surface area contributed by atoms with Gasteiger partial charge in [-0.2, -0.15) is 0 Å². The van der Waals surface area contributed by atoms with Crippen LogP contribution in [0.3, 0.4) is 0 Å². The summed E-state index contributed by atoms with van der Waals surface area (Å²) in [5.74, 6) is -0.926. The van der Waals surface area contributed by atoms with Crippen molar-refractivity contribution < 1.29 is 19.5 Å². The van der Waals surface area contributed by atoms with Gasteiger partial charge in [0, 0.05) is 18.6 Å². The number of urea groups is 1. The molecule has 0 aromatic heterocycles. The lowest BCUT2D eigenvalue weighted by atomic mass is 9.68. The molecule has 0 unspecified atom stereocenters. The number of carbonyl (C=O) groups is 3. The fourth-order valence-electron chi connectivity index (χ4n) is 6.24. The Hall–Kier alpha value is -2.65. The molecule has 2 saturated carbocycles. The molecular weight excluding hydrogens is 458 g/mol. The SMILES string of the molecule is CN[C@]1(c2ccccc2)CC[C@]2(CC1)CN(CC(C)(C)C(=O)NCC(N)=O)C(=O)N2CC1(O)CCC1. The van der Waals surface area contributed by atoms with Gasteiger partial charge in [0.05, 0.1) is 29.6 Å². The second-order valence-electron chi connectivity index (χ2n) is 11.8. The molecule has 1 heterocycles. The fraction of sp³-hybridized carbons (Fsp3) is 0.667. The Bertz CT molecular complexity index is 983. The van der Waals surface area contributed by atoms with Gasteiger partial charge >= 0.3 is 6.03 Å². The van der Waals surface area contributed by atoms with Crippen LogP contribution in [-0.4, -0.2) is 77.1 Å². The fourth-order valence-corrected chi connectivity index (χ4v) is 6.24. The highest BCUT2D eigenvalue weighted by Gasteiger charge is 2.56. The van der Waals surface area contributed by atoms with Gasteiger partial charge in [0.1, 0.15) is 0 Å². The standard InChI is InChI=1S/C27H41N5O4/c1-24(2,22(34)30-16-21(28)33)17-31-18-25(32(23(31)35)19-26(36)10-7-11-26)12-14-27(29-3,15-13-25)20-8-5-4-6-9-20/h4-6,8-9,29,36H,7,10-19H2,1-3H3,(H2,28,33)(H,30,34)/t25-,27+. The molecule has 4 amide bonds. The highest BCUT2D eigenvalue weighted by molar-refractivity contribution is 5.87. The van der Waals surface area contributed by atoms with E-state index in [0.717, 1.165) is 32.1 Å². The van der Waals surface area contributed by atoms with Crippen LogP contribution in [0, 0.1) is 5.41 Å². The molecular formula is C27H41N5O4. The van der Waals surface area contributed by atoms with Crippen LogP contribution in [0.2, 0.25) is 0 Å². The Morgan fingerprint density at radius 1 is 1.08 bits per heavy atom. The zero-order valence-corrected chi connectivity index (χ0v) is 21.8. The Labute approximate surface area is 213 Å². The molecule has 0 atom stereocenters. The summed E-state index contributed by atoms with van der Waals surface area (Å²) in [5.41, 5.74) is 4.15. The lowest BCUT2D eigenvalue weighted by Crippen LogP contribution is -2.59. The zero-order valence-electron chi connectivity index (χ0n) is 21.8. The molecule has 4 rings (SSSR count). The van der Waals surface area contributed by atoms with E-state index in [1.165, 1.54) is 5.56 Å². The van der Waals surface area contributed by atoms with Crippen LogP contribution in [0.15, 0.2) is 30.3 Å². The van der Waals surface area contributed by atoms with Crippen molar-refractivity contribution in [2.75, 3.05) is 33.2 Å². The number of amides is 4. The topological polar surface area (TPSA) is 128 Å². The summed E-state index contributed by atoms with van der Waals surface area (Å²) >= 11 is 0. The van der Waals surface area contributed by atoms with Gasteiger partial charge in [-0.05, 0) is 71.4 Å². The van der Waals surface area contributed by atoms with Crippen molar-refractivity contribution in [3.05, 3.63) is 35.9 Å². The number of β-amino-alcohol motifs (C(OH)–C–C–N with tert-alkyl or cyclic N) is 1. The molecule has 0 radical (unpaired) electrons. The lowest BCUT2D eigenvalue weighted by molar-refractivity contribution is -0.131. The number of rotatable bonds is 9. The number of primary amides is 1. The molecule has 2 aliphatic carbocycles. The van der Waals surface area contributed by atoms with Crippen LogP contribution in [0.25, 0.3) is 0 Å². The number of nitrogens with one attached hydrogen (secondary N) is 2. The minimum atomic E-state index is -0.900. The van der Waals surface area contributed by atoms with E-state index in [-0.39, 0.29) is 30.6 Å². The summed E-state index contributed by atoms with van der Waals surface area (Å²) in [6.07, 6.45) is 5.72. The molecule has 1 saturated heterocycles. The first-order valence-electron chi connectivity index (χ1n) is 13.0. The predicted molar refractivity (Wildman–Crippen MR) is 137 cm³/mol. The average molecular weight is 500 g/mol. The summed E-state index contributed by atoms with van der Waals surface area (Å²) in [6.45, 7) is 4.38. The van der Waals surface area contributed by atoms with Gasteiger partial charge in [-0.3, -0.25) is 9.59 Å². The number of hydrogen-bond donors (Lipinski definition) is 4. The summed E-state index contributed by atoms with van der Waals surface area (Å²) in [5, 5.41) is 17.2. The maximum Gasteiger partial charge on any atom is 0.320 e. The van der Waals surface area contributed by atoms with Crippen LogP contribution in [-0.2, 0) is 15.1 Å². The van der Waals surface area contributed by atoms with Crippen molar-refractivity contribution in [2.45, 2.75) is 75.5 Å². The Balaban J connectivity index is 1.55. The Morgan fingerprint density at radius 3 is 2.25 bits per heavy atom. The quantitative estimate of drug-likeness (QED) is 0.411. The van der Waals surface area contributed by atoms with E-state index in [1.54, 1.807) is 18.7 Å². The maximum atomic E-state index is 13.8. The van der Waals surface area contributed by atoms with Crippen molar-refractivity contribution >= 4 is 17.8 Å². The molecule has 9 nitrogen and oxygen atoms in total. The van der Waals surface area contributed by atoms with E-state index in [0.29, 0.717) is 25.9 Å². The van der Waals surface area contributed by atoms with Crippen LogP contribution in [0.5, 0.6) is 0 Å². The molecule has 1 spiro atoms. The van der Waals surface area contributed by atoms with Crippen molar-refractivity contribution in [3.63, 3.8) is 0 Å². The Kier molecular flexibility index (Phi) is 7.09. The number of nitrogens with zero attached hydrogens (tertiary/aromatic N) is 2. The maximum absolute atomic E-state index is 13.8. The molecule has 1 aromatic rings. The number of benzene rings is 1. The largest absolute Gasteiger partial charge is 0.388 e. The average Bonchev–Trinajstić information content (AvgIpc) is 3.07. The van der Waals surface area contributed by atoms with E-state index in [4.69, 9.17) is 5.73 Å². The molecule has 1 aliphatic heterocycles. The first-order valence-corrected chi connectivity index (χ1v) is 13.0. The second-order valence-corrected chi connectivity index (χ2v) is 11.8. The minimum Gasteiger partial charge on any atom is -0.388 e. The minimum absolute atomic E-state index is 0.122. The smallest absolute Gasteiger partial charge is 0.320 e. The van der Waals surface area contributed by atoms with Crippen LogP contribution in [0.4, 0.5) is 4.79 Å². The third kappa shape index (κ3) is 4.95. The van der Waals surface area contributed by atoms with E-state index in [1.807, 2.05) is 18.0 Å². The molecule has 3 aliphatic rings. The monoisotopic (exact) mass is 499 g/mol. The van der Waals surface area contributed by atoms with E-state index in [9.17, 15) is 19.5 Å². The van der Waals surface area contributed by atoms with Crippen molar-refractivity contribution in [1.82, 2.24) is 20.4 Å². The van der Waals surface area contributed by atoms with E-state index < -0.39 is 22.5 Å². The summed E-state index contributed by atoms with van der Waals surface area (Å²) in [4.78, 5) is 41.3. The molecule has 0 bridgehead atoms. The van der Waals surface area contributed by atoms with Gasteiger partial charge in [0.15, 0.2) is 0 Å². The van der Waals surface area contributed by atoms with Gasteiger partial charge < -0.3 is 31.3 Å². The highest BCUT2D eigenvalue weighted by atomic mass is 16.3. The van der Waals surface area contributed by atoms with Gasteiger partial charge in [-0.1, -0.05) is 30.3 Å². The molecule has 9 heteroatoms. The van der Waals surface area contributed by atoms with Gasteiger partial charge in [0.25, 0.3) is 0 Å². The van der Waals surface area contributed by atoms with Crippen molar-refractivity contribution in [3.8, 4) is 0 Å². The summed E-state index contributed by atoms with van der Waals surface area (Å²) < 4.78 is 0. The third-order valence-electron chi connectivity index (χ3n) is 8.76. The molecule has 36 heavy (non-hydrogen) atoms. The van der Waals surface area contributed by atoms with Crippen LogP contribution >= 0.6 is 0 Å². The van der Waals surface area contributed by atoms with Crippen LogP contribution < -0.4 is 16.4 Å². The van der Waals surface area contributed by atoms with E-state index >= 15 is 0 Å². The first-order chi connectivity index (χ1) is 16.9. The molecule has 1 aromatic carbocycles. The summed E-state index contributed by atoms with van der Waals surface area (Å²) in [7, 11) is 2.00. The zero-order chi connectivity index (χ0) is 26.2. The number of hydrogen-bond acceptors (Lipinski definition) is 5. The molecule has 5 N–H and O–H groups in total. The first kappa shape index (κ1) is 26.4. The Morgan fingerprint density at radius 2 is 1.72 bits per heavy atom. The number of aliphatic hydroxyl groups is 1. The third-order valence-corrected chi connectivity index (χ3v) is 8.76. The van der Waals surface area contributed by atoms with Crippen molar-refractivity contribution in [1.29, 1.82) is 0 Å². The van der Waals surface area contributed by atoms with E-state index in [2.05, 4.69) is 34.9 Å². The van der Waals surface area contributed by atoms with Gasteiger partial charge in [0.2, 0.25) is 11.8 Å². The second kappa shape index (κ2) is 9.67. The van der Waals surface area contributed by atoms with Crippen LogP contribution in [0.1, 0.15) is 64.4 Å². The number of nitrogens with two attached hydrogens (primary N) is 1. The van der Waals surface area contributed by atoms with Gasteiger partial charge in [-0.15, -0.1) is 0 Å².